The summed E-state index contributed by atoms with van der Waals surface area (Å²) in [7, 11) is 0. The summed E-state index contributed by atoms with van der Waals surface area (Å²) in [5.41, 5.74) is 2.03. The van der Waals surface area contributed by atoms with Gasteiger partial charge in [0.15, 0.2) is 5.82 Å². The van der Waals surface area contributed by atoms with Crippen LogP contribution in [0, 0.1) is 5.82 Å². The first-order chi connectivity index (χ1) is 22.2. The molecule has 3 aromatic rings. The molecular weight excluding hydrogens is 603 g/mol. The van der Waals surface area contributed by atoms with Crippen molar-refractivity contribution in [1.29, 1.82) is 0 Å². The molecule has 11 nitrogen and oxygen atoms in total. The molecule has 0 radical (unpaired) electrons. The molecule has 2 aliphatic heterocycles. The van der Waals surface area contributed by atoms with Gasteiger partial charge >= 0.3 is 6.61 Å². The van der Waals surface area contributed by atoms with E-state index in [9.17, 15) is 18.0 Å². The number of rotatable bonds is 13. The third-order valence-corrected chi connectivity index (χ3v) is 8.22. The molecule has 1 unspecified atom stereocenters. The predicted octanol–water partition coefficient (Wildman–Crippen LogP) is 5.32. The molecular formula is C32H40F3N7O4. The Morgan fingerprint density at radius 1 is 1.15 bits per heavy atom. The summed E-state index contributed by atoms with van der Waals surface area (Å²) >= 11 is 0. The zero-order valence-corrected chi connectivity index (χ0v) is 26.3. The van der Waals surface area contributed by atoms with E-state index < -0.39 is 12.4 Å². The summed E-state index contributed by atoms with van der Waals surface area (Å²) in [5, 5.41) is 11.5. The fourth-order valence-electron chi connectivity index (χ4n) is 6.01. The molecule has 0 aliphatic carbocycles. The Balaban J connectivity index is 1.26. The molecule has 248 valence electrons. The van der Waals surface area contributed by atoms with Gasteiger partial charge in [-0.2, -0.15) is 8.78 Å². The number of ether oxygens (including phenoxy) is 3. The van der Waals surface area contributed by atoms with Gasteiger partial charge in [-0.25, -0.2) is 9.37 Å². The molecule has 1 fully saturated rings. The Labute approximate surface area is 266 Å². The molecule has 1 amide bonds. The van der Waals surface area contributed by atoms with E-state index in [1.807, 2.05) is 31.7 Å². The van der Waals surface area contributed by atoms with Crippen molar-refractivity contribution in [2.24, 2.45) is 0 Å². The Kier molecular flexibility index (Phi) is 11.2. The van der Waals surface area contributed by atoms with Gasteiger partial charge in [0.05, 0.1) is 17.9 Å². The number of carbonyl (C=O) groups is 1. The van der Waals surface area contributed by atoms with Crippen LogP contribution in [0.15, 0.2) is 36.8 Å². The number of carbonyl (C=O) groups excluding carboxylic acids is 1. The molecule has 2 aromatic heterocycles. The van der Waals surface area contributed by atoms with Gasteiger partial charge in [-0.15, -0.1) is 10.2 Å². The number of hydrogen-bond acceptors (Lipinski definition) is 10. The number of aromatic nitrogens is 4. The Bertz CT molecular complexity index is 1470. The molecule has 0 bridgehead atoms. The molecule has 5 rings (SSSR count). The number of halogens is 3. The van der Waals surface area contributed by atoms with Gasteiger partial charge in [-0.1, -0.05) is 0 Å². The third-order valence-electron chi connectivity index (χ3n) is 8.22. The zero-order chi connectivity index (χ0) is 32.6. The Hall–Kier alpha value is -4.04. The highest BCUT2D eigenvalue weighted by molar-refractivity contribution is 5.97. The van der Waals surface area contributed by atoms with Crippen molar-refractivity contribution in [3.8, 4) is 17.4 Å². The predicted molar refractivity (Wildman–Crippen MR) is 164 cm³/mol. The Morgan fingerprint density at radius 3 is 2.70 bits per heavy atom. The van der Waals surface area contributed by atoms with E-state index in [4.69, 9.17) is 9.47 Å². The number of nitrogens with zero attached hydrogens (tertiary/aromatic N) is 6. The molecule has 4 heterocycles. The molecule has 0 saturated carbocycles. The van der Waals surface area contributed by atoms with Crippen LogP contribution in [0.1, 0.15) is 74.1 Å². The molecule has 0 spiro atoms. The van der Waals surface area contributed by atoms with Gasteiger partial charge in [0.1, 0.15) is 29.7 Å². The Morgan fingerprint density at radius 2 is 1.96 bits per heavy atom. The van der Waals surface area contributed by atoms with Crippen LogP contribution in [-0.2, 0) is 11.2 Å². The first-order valence-electron chi connectivity index (χ1n) is 15.7. The number of nitrogens with one attached hydrogen (secondary N) is 1. The first kappa shape index (κ1) is 33.3. The molecule has 14 heteroatoms. The van der Waals surface area contributed by atoms with Crippen molar-refractivity contribution in [3.63, 3.8) is 0 Å². The highest BCUT2D eigenvalue weighted by Gasteiger charge is 2.30. The maximum Gasteiger partial charge on any atom is 0.345 e. The summed E-state index contributed by atoms with van der Waals surface area (Å²) in [4.78, 5) is 26.0. The van der Waals surface area contributed by atoms with Gasteiger partial charge in [-0.3, -0.25) is 9.78 Å². The molecule has 1 saturated heterocycles. The van der Waals surface area contributed by atoms with Crippen LogP contribution >= 0.6 is 0 Å². The number of piperidine rings is 1. The maximum absolute atomic E-state index is 14.3. The second-order valence-corrected chi connectivity index (χ2v) is 11.5. The number of hydrogen-bond donors (Lipinski definition) is 1. The standard InChI is InChI=1S/C32H40F3N7O4/c1-4-42(20(2)3)31(43)23-18-21(33)7-8-26(23)46-30-29(38-19-39-40-30)41-15-11-22(12-16-41)45-27-10-14-37-25-9-13-36-24(28(25)27)6-5-17-44-32(34)35/h7-8,10,14,18-20,22,24,32,36H,4-6,9,11-13,15-17H2,1-3H3. The van der Waals surface area contributed by atoms with Crippen LogP contribution in [0.2, 0.25) is 0 Å². The highest BCUT2D eigenvalue weighted by atomic mass is 19.3. The summed E-state index contributed by atoms with van der Waals surface area (Å²) in [6, 6.07) is 5.54. The van der Waals surface area contributed by atoms with Gasteiger partial charge < -0.3 is 29.3 Å². The minimum atomic E-state index is -2.77. The molecule has 1 N–H and O–H groups in total. The number of pyridine rings is 1. The topological polar surface area (TPSA) is 115 Å². The van der Waals surface area contributed by atoms with E-state index in [2.05, 4.69) is 30.2 Å². The zero-order valence-electron chi connectivity index (χ0n) is 26.3. The minimum Gasteiger partial charge on any atom is -0.490 e. The van der Waals surface area contributed by atoms with Crippen LogP contribution < -0.4 is 19.7 Å². The van der Waals surface area contributed by atoms with Gasteiger partial charge in [0, 0.05) is 69.3 Å². The van der Waals surface area contributed by atoms with Crippen LogP contribution in [0.3, 0.4) is 0 Å². The smallest absolute Gasteiger partial charge is 0.345 e. The highest BCUT2D eigenvalue weighted by Crippen LogP contribution is 2.36. The fraction of sp³-hybridized carbons (Fsp3) is 0.531. The van der Waals surface area contributed by atoms with Gasteiger partial charge in [-0.05, 0) is 57.9 Å². The SMILES string of the molecule is CCN(C(=O)c1cc(F)ccc1Oc1nncnc1N1CCC(Oc2ccnc3c2C(CCCOC(F)F)NCC3)CC1)C(C)C. The quantitative estimate of drug-likeness (QED) is 0.246. The van der Waals surface area contributed by atoms with E-state index in [-0.39, 0.29) is 47.9 Å². The third kappa shape index (κ3) is 8.02. The second-order valence-electron chi connectivity index (χ2n) is 11.5. The van der Waals surface area contributed by atoms with E-state index in [0.717, 1.165) is 30.0 Å². The van der Waals surface area contributed by atoms with Gasteiger partial charge in [0.25, 0.3) is 11.8 Å². The van der Waals surface area contributed by atoms with Crippen LogP contribution in [0.4, 0.5) is 19.0 Å². The average molecular weight is 644 g/mol. The van der Waals surface area contributed by atoms with Gasteiger partial charge in [0.2, 0.25) is 0 Å². The van der Waals surface area contributed by atoms with Crippen LogP contribution in [0.5, 0.6) is 17.4 Å². The maximum atomic E-state index is 14.3. The van der Waals surface area contributed by atoms with Crippen molar-refractivity contribution >= 4 is 11.7 Å². The summed E-state index contributed by atoms with van der Waals surface area (Å²) in [6.07, 6.45) is 6.23. The average Bonchev–Trinajstić information content (AvgIpc) is 3.04. The van der Waals surface area contributed by atoms with E-state index in [1.54, 1.807) is 11.1 Å². The van der Waals surface area contributed by atoms with Crippen molar-refractivity contribution in [1.82, 2.24) is 30.4 Å². The lowest BCUT2D eigenvalue weighted by atomic mass is 9.94. The number of amides is 1. The van der Waals surface area contributed by atoms with Crippen LogP contribution in [-0.4, -0.2) is 82.5 Å². The van der Waals surface area contributed by atoms with Crippen molar-refractivity contribution in [2.45, 2.75) is 77.7 Å². The summed E-state index contributed by atoms with van der Waals surface area (Å²) < 4.78 is 56.2. The lowest BCUT2D eigenvalue weighted by Gasteiger charge is -2.34. The summed E-state index contributed by atoms with van der Waals surface area (Å²) in [5.74, 6) is 0.596. The van der Waals surface area contributed by atoms with Crippen molar-refractivity contribution in [2.75, 3.05) is 37.7 Å². The van der Waals surface area contributed by atoms with E-state index in [0.29, 0.717) is 51.1 Å². The number of fused-ring (bicyclic) bond motifs is 1. The lowest BCUT2D eigenvalue weighted by Crippen LogP contribution is -2.39. The summed E-state index contributed by atoms with van der Waals surface area (Å²) in [6.45, 7) is 5.25. The van der Waals surface area contributed by atoms with Crippen LogP contribution in [0.25, 0.3) is 0 Å². The second kappa shape index (κ2) is 15.5. The minimum absolute atomic E-state index is 0.0163. The molecule has 2 aliphatic rings. The fourth-order valence-corrected chi connectivity index (χ4v) is 6.01. The van der Waals surface area contributed by atoms with E-state index >= 15 is 0 Å². The lowest BCUT2D eigenvalue weighted by molar-refractivity contribution is -0.129. The number of anilines is 1. The van der Waals surface area contributed by atoms with E-state index in [1.165, 1.54) is 24.5 Å². The largest absolute Gasteiger partial charge is 0.490 e. The number of alkyl halides is 2. The first-order valence-corrected chi connectivity index (χ1v) is 15.7. The monoisotopic (exact) mass is 643 g/mol. The van der Waals surface area contributed by atoms with Crippen molar-refractivity contribution in [3.05, 3.63) is 59.4 Å². The normalized spacial score (nSPS) is 16.9. The molecule has 46 heavy (non-hydrogen) atoms. The molecule has 1 aromatic carbocycles. The number of benzene rings is 1. The molecule has 1 atom stereocenters. The van der Waals surface area contributed by atoms with Crippen molar-refractivity contribution < 1.29 is 32.2 Å².